The number of allylic oxidation sites excluding steroid dienone is 1. The molecule has 126 valence electrons. The second-order valence-electron chi connectivity index (χ2n) is 4.66. The van der Waals surface area contributed by atoms with Gasteiger partial charge in [0.1, 0.15) is 0 Å². The number of alkyl halides is 3. The molecule has 0 spiro atoms. The molecule has 6 nitrogen and oxygen atoms in total. The van der Waals surface area contributed by atoms with Crippen molar-refractivity contribution >= 4 is 28.8 Å². The van der Waals surface area contributed by atoms with Gasteiger partial charge in [-0.1, -0.05) is 0 Å². The van der Waals surface area contributed by atoms with Crippen molar-refractivity contribution in [3.63, 3.8) is 0 Å². The van der Waals surface area contributed by atoms with Crippen molar-refractivity contribution in [1.82, 2.24) is 9.78 Å². The number of aryl methyl sites for hydroxylation is 1. The van der Waals surface area contributed by atoms with E-state index < -0.39 is 12.1 Å². The summed E-state index contributed by atoms with van der Waals surface area (Å²) in [5, 5.41) is 12.5. The Morgan fingerprint density at radius 2 is 1.96 bits per heavy atom. The molecule has 0 saturated carbocycles. The molecule has 0 saturated heterocycles. The topological polar surface area (TPSA) is 70.7 Å². The normalized spacial score (nSPS) is 13.6. The lowest BCUT2D eigenvalue weighted by atomic mass is 10.2. The summed E-state index contributed by atoms with van der Waals surface area (Å²) in [5.74, 6) is -2.76. The molecule has 3 rings (SSSR count). The number of carboxylic acids is 1. The maximum atomic E-state index is 10.6. The van der Waals surface area contributed by atoms with Crippen LogP contribution in [0.15, 0.2) is 54.1 Å². The third-order valence-corrected chi connectivity index (χ3v) is 3.01. The summed E-state index contributed by atoms with van der Waals surface area (Å²) in [6.45, 7) is 0. The van der Waals surface area contributed by atoms with Crippen molar-refractivity contribution < 1.29 is 23.1 Å². The second-order valence-corrected chi connectivity index (χ2v) is 4.66. The van der Waals surface area contributed by atoms with E-state index in [1.54, 1.807) is 12.4 Å². The number of hydrogen-bond donors (Lipinski definition) is 1. The predicted molar refractivity (Wildman–Crippen MR) is 83.7 cm³/mol. The zero-order chi connectivity index (χ0) is 17.7. The number of carbonyl (C=O) groups is 1. The van der Waals surface area contributed by atoms with Gasteiger partial charge in [-0.15, -0.1) is 0 Å². The molecule has 24 heavy (non-hydrogen) atoms. The van der Waals surface area contributed by atoms with E-state index in [9.17, 15) is 13.2 Å². The van der Waals surface area contributed by atoms with Crippen LogP contribution in [0.5, 0.6) is 0 Å². The highest BCUT2D eigenvalue weighted by Crippen LogP contribution is 2.22. The maximum Gasteiger partial charge on any atom is 0.490 e. The van der Waals surface area contributed by atoms with Crippen molar-refractivity contribution in [2.24, 2.45) is 12.0 Å². The van der Waals surface area contributed by atoms with E-state index in [0.29, 0.717) is 0 Å². The first-order valence-corrected chi connectivity index (χ1v) is 6.66. The van der Waals surface area contributed by atoms with Gasteiger partial charge in [0.2, 0.25) is 0 Å². The number of benzene rings is 1. The number of aliphatic imine (C=N–C) groups is 1. The lowest BCUT2D eigenvalue weighted by Gasteiger charge is -2.14. The van der Waals surface area contributed by atoms with E-state index in [2.05, 4.69) is 28.3 Å². The Bertz CT molecular complexity index is 806. The number of rotatable bonds is 1. The third-order valence-electron chi connectivity index (χ3n) is 3.01. The Morgan fingerprint density at radius 3 is 2.62 bits per heavy atom. The number of aliphatic carboxylic acids is 1. The molecule has 1 aliphatic rings. The van der Waals surface area contributed by atoms with Gasteiger partial charge >= 0.3 is 12.1 Å². The Kier molecular flexibility index (Phi) is 5.02. The first-order chi connectivity index (χ1) is 11.3. The summed E-state index contributed by atoms with van der Waals surface area (Å²) in [5.41, 5.74) is 2.22. The van der Waals surface area contributed by atoms with E-state index in [1.807, 2.05) is 41.3 Å². The molecule has 1 N–H and O–H groups in total. The molecule has 0 fully saturated rings. The molecule has 1 aliphatic heterocycles. The van der Waals surface area contributed by atoms with Crippen LogP contribution in [0, 0.1) is 0 Å². The summed E-state index contributed by atoms with van der Waals surface area (Å²) >= 11 is 0. The van der Waals surface area contributed by atoms with Gasteiger partial charge in [-0.25, -0.2) is 4.79 Å². The van der Waals surface area contributed by atoms with Gasteiger partial charge in [-0.2, -0.15) is 18.3 Å². The smallest absolute Gasteiger partial charge is 0.475 e. The number of carboxylic acid groups (broad SMARTS) is 1. The largest absolute Gasteiger partial charge is 0.490 e. The van der Waals surface area contributed by atoms with Crippen LogP contribution in [0.3, 0.4) is 0 Å². The van der Waals surface area contributed by atoms with Crippen molar-refractivity contribution in [2.75, 3.05) is 4.90 Å². The fourth-order valence-electron chi connectivity index (χ4n) is 1.86. The average Bonchev–Trinajstić information content (AvgIpc) is 2.75. The van der Waals surface area contributed by atoms with Crippen LogP contribution in [-0.4, -0.2) is 33.2 Å². The van der Waals surface area contributed by atoms with E-state index in [1.165, 1.54) is 0 Å². The van der Waals surface area contributed by atoms with Crippen LogP contribution < -0.4 is 4.90 Å². The minimum atomic E-state index is -5.08. The fourth-order valence-corrected chi connectivity index (χ4v) is 1.86. The van der Waals surface area contributed by atoms with Gasteiger partial charge in [0.05, 0.1) is 11.7 Å². The summed E-state index contributed by atoms with van der Waals surface area (Å²) in [7, 11) is 1.95. The van der Waals surface area contributed by atoms with E-state index in [4.69, 9.17) is 9.90 Å². The van der Waals surface area contributed by atoms with Crippen molar-refractivity contribution in [3.8, 4) is 0 Å². The molecule has 0 unspecified atom stereocenters. The van der Waals surface area contributed by atoms with E-state index in [0.717, 1.165) is 16.6 Å². The molecule has 0 aliphatic carbocycles. The van der Waals surface area contributed by atoms with Crippen molar-refractivity contribution in [2.45, 2.75) is 6.18 Å². The molecule has 0 bridgehead atoms. The zero-order valence-electron chi connectivity index (χ0n) is 12.5. The number of aromatic nitrogens is 2. The van der Waals surface area contributed by atoms with Crippen LogP contribution in [0.1, 0.15) is 0 Å². The first-order valence-electron chi connectivity index (χ1n) is 6.66. The maximum absolute atomic E-state index is 10.6. The molecule has 0 atom stereocenters. The minimum Gasteiger partial charge on any atom is -0.475 e. The van der Waals surface area contributed by atoms with Gasteiger partial charge in [-0.05, 0) is 24.3 Å². The molecule has 1 aromatic heterocycles. The predicted octanol–water partition coefficient (Wildman–Crippen LogP) is 3.08. The van der Waals surface area contributed by atoms with Crippen LogP contribution in [0.25, 0.3) is 10.9 Å². The number of fused-ring (bicyclic) bond motifs is 1. The Morgan fingerprint density at radius 1 is 1.25 bits per heavy atom. The molecular formula is C15H13F3N4O2. The van der Waals surface area contributed by atoms with Gasteiger partial charge in [0.25, 0.3) is 0 Å². The molecule has 1 aromatic carbocycles. The van der Waals surface area contributed by atoms with Crippen LogP contribution in [0.2, 0.25) is 0 Å². The number of anilines is 1. The average molecular weight is 338 g/mol. The highest BCUT2D eigenvalue weighted by Gasteiger charge is 2.38. The first kappa shape index (κ1) is 17.3. The number of nitrogens with zero attached hydrogens (tertiary/aromatic N) is 4. The molecular weight excluding hydrogens is 325 g/mol. The molecule has 0 radical (unpaired) electrons. The minimum absolute atomic E-state index is 1.10. The number of halogens is 3. The molecule has 0 amide bonds. The lowest BCUT2D eigenvalue weighted by molar-refractivity contribution is -0.192. The summed E-state index contributed by atoms with van der Waals surface area (Å²) in [6, 6.07) is 6.26. The molecule has 2 aromatic rings. The second kappa shape index (κ2) is 6.99. The standard InChI is InChI=1S/C13H12N4.C2HF3O2/c1-16-13-9-12(4-3-11(13)10-15-16)17-7-2-5-14-6-8-17;3-2(4,5)1(6)7/h2-10H,1H3;(H,6,7). The van der Waals surface area contributed by atoms with Crippen LogP contribution in [-0.2, 0) is 11.8 Å². The summed E-state index contributed by atoms with van der Waals surface area (Å²) in [6.07, 6.45) is 6.14. The molecule has 9 heteroatoms. The van der Waals surface area contributed by atoms with Crippen molar-refractivity contribution in [1.29, 1.82) is 0 Å². The van der Waals surface area contributed by atoms with Crippen LogP contribution >= 0.6 is 0 Å². The van der Waals surface area contributed by atoms with E-state index >= 15 is 0 Å². The SMILES string of the molecule is Cn1ncc2ccc(N3C=CC=NC=C3)cc21.O=C(O)C(F)(F)F. The van der Waals surface area contributed by atoms with Gasteiger partial charge in [0, 0.05) is 42.9 Å². The lowest BCUT2D eigenvalue weighted by Crippen LogP contribution is -2.21. The molecule has 2 heterocycles. The number of hydrogen-bond acceptors (Lipinski definition) is 4. The van der Waals surface area contributed by atoms with Gasteiger partial charge in [-0.3, -0.25) is 9.67 Å². The van der Waals surface area contributed by atoms with E-state index in [-0.39, 0.29) is 0 Å². The fraction of sp³-hybridized carbons (Fsp3) is 0.133. The quantitative estimate of drug-likeness (QED) is 0.867. The van der Waals surface area contributed by atoms with Gasteiger partial charge in [0.15, 0.2) is 0 Å². The summed E-state index contributed by atoms with van der Waals surface area (Å²) in [4.78, 5) is 15.0. The van der Waals surface area contributed by atoms with Gasteiger partial charge < -0.3 is 10.0 Å². The monoisotopic (exact) mass is 338 g/mol. The highest BCUT2D eigenvalue weighted by molar-refractivity contribution is 5.83. The third kappa shape index (κ3) is 4.22. The summed E-state index contributed by atoms with van der Waals surface area (Å²) < 4.78 is 33.6. The van der Waals surface area contributed by atoms with Crippen LogP contribution in [0.4, 0.5) is 18.9 Å². The zero-order valence-corrected chi connectivity index (χ0v) is 12.5. The Labute approximate surface area is 134 Å². The Hall–Kier alpha value is -3.10. The van der Waals surface area contributed by atoms with Crippen molar-refractivity contribution in [3.05, 3.63) is 49.1 Å². The Balaban J connectivity index is 0.000000256. The highest BCUT2D eigenvalue weighted by atomic mass is 19.4.